The van der Waals surface area contributed by atoms with E-state index in [1.165, 1.54) is 5.56 Å². The van der Waals surface area contributed by atoms with E-state index in [0.29, 0.717) is 13.2 Å². The Balaban J connectivity index is 1.78. The Labute approximate surface area is 145 Å². The average molecular weight is 334 g/mol. The Kier molecular flexibility index (Phi) is 6.49. The molecule has 1 aromatic rings. The SMILES string of the molecule is CN(C(=O)NCCOc1ccccc1C(C)(C)C)C1CCOCC1. The fourth-order valence-electron chi connectivity index (χ4n) is 2.89. The second-order valence-corrected chi connectivity index (χ2v) is 7.28. The Hall–Kier alpha value is -1.75. The van der Waals surface area contributed by atoms with Crippen molar-refractivity contribution in [3.05, 3.63) is 29.8 Å². The van der Waals surface area contributed by atoms with Crippen LogP contribution in [0.1, 0.15) is 39.2 Å². The Morgan fingerprint density at radius 2 is 1.96 bits per heavy atom. The molecule has 1 heterocycles. The summed E-state index contributed by atoms with van der Waals surface area (Å²) in [6.07, 6.45) is 1.80. The predicted octanol–water partition coefficient (Wildman–Crippen LogP) is 3.18. The highest BCUT2D eigenvalue weighted by Crippen LogP contribution is 2.30. The molecule has 1 aromatic carbocycles. The van der Waals surface area contributed by atoms with Gasteiger partial charge in [0.15, 0.2) is 0 Å². The van der Waals surface area contributed by atoms with E-state index in [9.17, 15) is 4.79 Å². The van der Waals surface area contributed by atoms with Crippen LogP contribution in [-0.4, -0.2) is 50.4 Å². The van der Waals surface area contributed by atoms with Crippen molar-refractivity contribution in [2.24, 2.45) is 0 Å². The van der Waals surface area contributed by atoms with Gasteiger partial charge >= 0.3 is 6.03 Å². The van der Waals surface area contributed by atoms with Crippen molar-refractivity contribution in [1.82, 2.24) is 10.2 Å². The van der Waals surface area contributed by atoms with Gasteiger partial charge in [-0.1, -0.05) is 39.0 Å². The van der Waals surface area contributed by atoms with Crippen LogP contribution in [-0.2, 0) is 10.2 Å². The number of nitrogens with zero attached hydrogens (tertiary/aromatic N) is 1. The lowest BCUT2D eigenvalue weighted by Crippen LogP contribution is -2.46. The lowest BCUT2D eigenvalue weighted by Gasteiger charge is -2.31. The smallest absolute Gasteiger partial charge is 0.317 e. The zero-order valence-corrected chi connectivity index (χ0v) is 15.3. The van der Waals surface area contributed by atoms with Gasteiger partial charge in [0.1, 0.15) is 12.4 Å². The molecule has 0 bridgehead atoms. The van der Waals surface area contributed by atoms with Crippen LogP contribution in [0.2, 0.25) is 0 Å². The quantitative estimate of drug-likeness (QED) is 0.842. The predicted molar refractivity (Wildman–Crippen MR) is 95.6 cm³/mol. The molecular formula is C19H30N2O3. The minimum atomic E-state index is -0.0467. The highest BCUT2D eigenvalue weighted by atomic mass is 16.5. The highest BCUT2D eigenvalue weighted by molar-refractivity contribution is 5.74. The molecule has 0 atom stereocenters. The maximum absolute atomic E-state index is 12.2. The van der Waals surface area contributed by atoms with Crippen LogP contribution in [0.3, 0.4) is 0 Å². The van der Waals surface area contributed by atoms with E-state index < -0.39 is 0 Å². The molecule has 0 aliphatic carbocycles. The van der Waals surface area contributed by atoms with E-state index in [1.54, 1.807) is 4.90 Å². The molecule has 1 aliphatic rings. The fourth-order valence-corrected chi connectivity index (χ4v) is 2.89. The fraction of sp³-hybridized carbons (Fsp3) is 0.632. The van der Waals surface area contributed by atoms with Gasteiger partial charge in [-0.3, -0.25) is 0 Å². The van der Waals surface area contributed by atoms with Crippen molar-refractivity contribution in [1.29, 1.82) is 0 Å². The summed E-state index contributed by atoms with van der Waals surface area (Å²) in [6, 6.07) is 8.29. The normalized spacial score (nSPS) is 15.8. The van der Waals surface area contributed by atoms with Gasteiger partial charge < -0.3 is 19.7 Å². The first-order chi connectivity index (χ1) is 11.4. The van der Waals surface area contributed by atoms with Crippen molar-refractivity contribution >= 4 is 6.03 Å². The van der Waals surface area contributed by atoms with Gasteiger partial charge in [0.25, 0.3) is 0 Å². The summed E-state index contributed by atoms with van der Waals surface area (Å²) in [5.41, 5.74) is 1.21. The monoisotopic (exact) mass is 334 g/mol. The second-order valence-electron chi connectivity index (χ2n) is 7.28. The molecular weight excluding hydrogens is 304 g/mol. The van der Waals surface area contributed by atoms with Crippen LogP contribution in [0.15, 0.2) is 24.3 Å². The lowest BCUT2D eigenvalue weighted by molar-refractivity contribution is 0.0525. The van der Waals surface area contributed by atoms with Gasteiger partial charge in [0, 0.05) is 26.3 Å². The maximum atomic E-state index is 12.2. The number of hydrogen-bond acceptors (Lipinski definition) is 3. The number of amides is 2. The molecule has 0 unspecified atom stereocenters. The third kappa shape index (κ3) is 5.13. The van der Waals surface area contributed by atoms with Crippen molar-refractivity contribution < 1.29 is 14.3 Å². The Morgan fingerprint density at radius 1 is 1.29 bits per heavy atom. The van der Waals surface area contributed by atoms with E-state index >= 15 is 0 Å². The number of benzene rings is 1. The molecule has 1 N–H and O–H groups in total. The first-order valence-electron chi connectivity index (χ1n) is 8.70. The summed E-state index contributed by atoms with van der Waals surface area (Å²) in [5.74, 6) is 0.886. The summed E-state index contributed by atoms with van der Waals surface area (Å²) in [5, 5.41) is 2.93. The minimum Gasteiger partial charge on any atom is -0.491 e. The van der Waals surface area contributed by atoms with Crippen LogP contribution < -0.4 is 10.1 Å². The number of hydrogen-bond donors (Lipinski definition) is 1. The second kappa shape index (κ2) is 8.38. The third-order valence-electron chi connectivity index (χ3n) is 4.39. The van der Waals surface area contributed by atoms with Crippen LogP contribution in [0.5, 0.6) is 5.75 Å². The average Bonchev–Trinajstić information content (AvgIpc) is 2.58. The van der Waals surface area contributed by atoms with Gasteiger partial charge in [-0.05, 0) is 29.9 Å². The zero-order valence-electron chi connectivity index (χ0n) is 15.3. The highest BCUT2D eigenvalue weighted by Gasteiger charge is 2.22. The van der Waals surface area contributed by atoms with Gasteiger partial charge in [0.05, 0.1) is 6.54 Å². The molecule has 0 saturated carbocycles. The molecule has 0 spiro atoms. The first kappa shape index (κ1) is 18.6. The Bertz CT molecular complexity index is 534. The topological polar surface area (TPSA) is 50.8 Å². The van der Waals surface area contributed by atoms with Crippen molar-refractivity contribution in [2.45, 2.75) is 45.1 Å². The third-order valence-corrected chi connectivity index (χ3v) is 4.39. The molecule has 134 valence electrons. The first-order valence-corrected chi connectivity index (χ1v) is 8.70. The van der Waals surface area contributed by atoms with Crippen molar-refractivity contribution in [3.63, 3.8) is 0 Å². The van der Waals surface area contributed by atoms with Crippen LogP contribution in [0.4, 0.5) is 4.79 Å². The Morgan fingerprint density at radius 3 is 2.62 bits per heavy atom. The molecule has 2 rings (SSSR count). The summed E-state index contributed by atoms with van der Waals surface area (Å²) in [6.45, 7) is 8.91. The molecule has 1 saturated heterocycles. The van der Waals surface area contributed by atoms with Gasteiger partial charge in [-0.15, -0.1) is 0 Å². The van der Waals surface area contributed by atoms with Crippen LogP contribution >= 0.6 is 0 Å². The van der Waals surface area contributed by atoms with E-state index in [-0.39, 0.29) is 17.5 Å². The van der Waals surface area contributed by atoms with Gasteiger partial charge in [0.2, 0.25) is 0 Å². The summed E-state index contributed by atoms with van der Waals surface area (Å²) in [7, 11) is 1.85. The zero-order chi connectivity index (χ0) is 17.6. The number of urea groups is 1. The molecule has 0 aromatic heterocycles. The van der Waals surface area contributed by atoms with E-state index in [2.05, 4.69) is 32.2 Å². The van der Waals surface area contributed by atoms with E-state index in [1.807, 2.05) is 25.2 Å². The van der Waals surface area contributed by atoms with Crippen LogP contribution in [0.25, 0.3) is 0 Å². The molecule has 1 fully saturated rings. The molecule has 0 radical (unpaired) electrons. The summed E-state index contributed by atoms with van der Waals surface area (Å²) >= 11 is 0. The number of carbonyl (C=O) groups excluding carboxylic acids is 1. The van der Waals surface area contributed by atoms with Crippen LogP contribution in [0, 0.1) is 0 Å². The maximum Gasteiger partial charge on any atom is 0.317 e. The summed E-state index contributed by atoms with van der Waals surface area (Å²) < 4.78 is 11.2. The number of rotatable bonds is 5. The number of para-hydroxylation sites is 1. The molecule has 5 nitrogen and oxygen atoms in total. The number of carbonyl (C=O) groups is 1. The van der Waals surface area contributed by atoms with Gasteiger partial charge in [-0.2, -0.15) is 0 Å². The van der Waals surface area contributed by atoms with Crippen molar-refractivity contribution in [3.8, 4) is 5.75 Å². The minimum absolute atomic E-state index is 0.0309. The largest absolute Gasteiger partial charge is 0.491 e. The van der Waals surface area contributed by atoms with E-state index in [0.717, 1.165) is 31.8 Å². The van der Waals surface area contributed by atoms with E-state index in [4.69, 9.17) is 9.47 Å². The lowest BCUT2D eigenvalue weighted by atomic mass is 9.86. The van der Waals surface area contributed by atoms with Crippen molar-refractivity contribution in [2.75, 3.05) is 33.4 Å². The van der Waals surface area contributed by atoms with Gasteiger partial charge in [-0.25, -0.2) is 4.79 Å². The molecule has 1 aliphatic heterocycles. The standard InChI is InChI=1S/C19H30N2O3/c1-19(2,3)16-7-5-6-8-17(16)24-14-11-20-18(22)21(4)15-9-12-23-13-10-15/h5-8,15H,9-14H2,1-4H3,(H,20,22). The molecule has 5 heteroatoms. The molecule has 24 heavy (non-hydrogen) atoms. The molecule has 2 amide bonds. The number of ether oxygens (including phenoxy) is 2. The summed E-state index contributed by atoms with van der Waals surface area (Å²) in [4.78, 5) is 14.0. The number of nitrogens with one attached hydrogen (secondary N) is 1.